The van der Waals surface area contributed by atoms with Crippen LogP contribution in [-0.4, -0.2) is 25.5 Å². The number of carbonyl (C=O) groups is 1. The van der Waals surface area contributed by atoms with E-state index in [1.165, 1.54) is 16.8 Å². The van der Waals surface area contributed by atoms with Gasteiger partial charge in [0.1, 0.15) is 5.56 Å². The van der Waals surface area contributed by atoms with E-state index in [-0.39, 0.29) is 22.5 Å². The Morgan fingerprint density at radius 3 is 2.70 bits per heavy atom. The Kier molecular flexibility index (Phi) is 3.28. The maximum atomic E-state index is 13.1. The Bertz CT molecular complexity index is 916. The zero-order chi connectivity index (χ0) is 16.8. The first-order valence-corrected chi connectivity index (χ1v) is 6.46. The molecule has 3 aromatic heterocycles. The predicted molar refractivity (Wildman–Crippen MR) is 74.5 cm³/mol. The lowest BCUT2D eigenvalue weighted by atomic mass is 10.1. The van der Waals surface area contributed by atoms with Crippen molar-refractivity contribution in [2.45, 2.75) is 13.1 Å². The van der Waals surface area contributed by atoms with E-state index >= 15 is 0 Å². The van der Waals surface area contributed by atoms with Crippen LogP contribution in [0.3, 0.4) is 0 Å². The van der Waals surface area contributed by atoms with Crippen molar-refractivity contribution in [3.05, 3.63) is 47.5 Å². The number of pyridine rings is 1. The van der Waals surface area contributed by atoms with E-state index in [1.807, 2.05) is 0 Å². The normalized spacial score (nSPS) is 11.8. The molecule has 3 rings (SSSR count). The predicted octanol–water partition coefficient (Wildman–Crippen LogP) is 2.22. The SMILES string of the molecule is Cc1cc(-c2cnccc2C(F)(F)F)nc2c(C(N)=O)cnn12. The van der Waals surface area contributed by atoms with Crippen molar-refractivity contribution in [1.29, 1.82) is 0 Å². The third kappa shape index (κ3) is 2.50. The molecule has 0 radical (unpaired) electrons. The number of fused-ring (bicyclic) bond motifs is 1. The lowest BCUT2D eigenvalue weighted by Gasteiger charge is -2.12. The molecule has 0 atom stereocenters. The molecule has 0 saturated heterocycles. The average Bonchev–Trinajstić information content (AvgIpc) is 2.91. The molecular formula is C14H10F3N5O. The van der Waals surface area contributed by atoms with E-state index in [1.54, 1.807) is 6.92 Å². The monoisotopic (exact) mass is 321 g/mol. The first kappa shape index (κ1) is 14.9. The second-order valence-corrected chi connectivity index (χ2v) is 4.86. The molecule has 0 unspecified atom stereocenters. The van der Waals surface area contributed by atoms with Gasteiger partial charge in [-0.2, -0.15) is 18.3 Å². The summed E-state index contributed by atoms with van der Waals surface area (Å²) < 4.78 is 40.8. The number of aryl methyl sites for hydroxylation is 1. The van der Waals surface area contributed by atoms with E-state index in [2.05, 4.69) is 15.1 Å². The minimum atomic E-state index is -4.55. The Hall–Kier alpha value is -2.97. The number of aromatic nitrogens is 4. The number of hydrogen-bond acceptors (Lipinski definition) is 4. The summed E-state index contributed by atoms with van der Waals surface area (Å²) >= 11 is 0. The molecule has 2 N–H and O–H groups in total. The van der Waals surface area contributed by atoms with Gasteiger partial charge in [-0.3, -0.25) is 9.78 Å². The minimum Gasteiger partial charge on any atom is -0.365 e. The van der Waals surface area contributed by atoms with Crippen molar-refractivity contribution >= 4 is 11.6 Å². The van der Waals surface area contributed by atoms with Gasteiger partial charge < -0.3 is 5.73 Å². The molecule has 0 aromatic carbocycles. The van der Waals surface area contributed by atoms with Crippen molar-refractivity contribution in [3.8, 4) is 11.3 Å². The van der Waals surface area contributed by atoms with Crippen molar-refractivity contribution in [2.75, 3.05) is 0 Å². The first-order valence-electron chi connectivity index (χ1n) is 6.46. The van der Waals surface area contributed by atoms with Crippen LogP contribution >= 0.6 is 0 Å². The molecular weight excluding hydrogens is 311 g/mol. The summed E-state index contributed by atoms with van der Waals surface area (Å²) in [5, 5.41) is 3.96. The maximum absolute atomic E-state index is 13.1. The van der Waals surface area contributed by atoms with Crippen LogP contribution in [0.1, 0.15) is 21.6 Å². The number of hydrogen-bond donors (Lipinski definition) is 1. The number of amides is 1. The molecule has 0 aliphatic heterocycles. The summed E-state index contributed by atoms with van der Waals surface area (Å²) in [6.07, 6.45) is -1.17. The Labute approximate surface area is 127 Å². The lowest BCUT2D eigenvalue weighted by Crippen LogP contribution is -2.12. The van der Waals surface area contributed by atoms with Gasteiger partial charge in [0.25, 0.3) is 5.91 Å². The van der Waals surface area contributed by atoms with E-state index < -0.39 is 17.6 Å². The molecule has 0 fully saturated rings. The molecule has 0 aliphatic rings. The molecule has 6 nitrogen and oxygen atoms in total. The fourth-order valence-electron chi connectivity index (χ4n) is 2.27. The average molecular weight is 321 g/mol. The van der Waals surface area contributed by atoms with Crippen LogP contribution < -0.4 is 5.73 Å². The van der Waals surface area contributed by atoms with Crippen LogP contribution in [0.5, 0.6) is 0 Å². The molecule has 23 heavy (non-hydrogen) atoms. The number of alkyl halides is 3. The van der Waals surface area contributed by atoms with E-state index in [4.69, 9.17) is 5.73 Å². The highest BCUT2D eigenvalue weighted by atomic mass is 19.4. The van der Waals surface area contributed by atoms with Crippen LogP contribution in [0.25, 0.3) is 16.9 Å². The van der Waals surface area contributed by atoms with Gasteiger partial charge >= 0.3 is 6.18 Å². The molecule has 118 valence electrons. The standard InChI is InChI=1S/C14H10F3N5O/c1-7-4-11(8-5-19-3-2-10(8)14(15,16)17)21-13-9(12(18)23)6-20-22(7)13/h2-6H,1H3,(H2,18,23). The number of nitrogens with zero attached hydrogens (tertiary/aromatic N) is 4. The summed E-state index contributed by atoms with van der Waals surface area (Å²) in [4.78, 5) is 19.3. The van der Waals surface area contributed by atoms with E-state index in [0.29, 0.717) is 5.69 Å². The molecule has 9 heteroatoms. The fourth-order valence-corrected chi connectivity index (χ4v) is 2.27. The maximum Gasteiger partial charge on any atom is 0.417 e. The van der Waals surface area contributed by atoms with Crippen LogP contribution in [0.15, 0.2) is 30.7 Å². The highest BCUT2D eigenvalue weighted by Crippen LogP contribution is 2.36. The van der Waals surface area contributed by atoms with Crippen molar-refractivity contribution in [2.24, 2.45) is 5.73 Å². The molecule has 3 heterocycles. The number of nitrogens with two attached hydrogens (primary N) is 1. The summed E-state index contributed by atoms with van der Waals surface area (Å²) in [6.45, 7) is 1.64. The smallest absolute Gasteiger partial charge is 0.365 e. The lowest BCUT2D eigenvalue weighted by molar-refractivity contribution is -0.137. The topological polar surface area (TPSA) is 86.2 Å². The van der Waals surface area contributed by atoms with Gasteiger partial charge in [-0.1, -0.05) is 0 Å². The second-order valence-electron chi connectivity index (χ2n) is 4.86. The molecule has 0 spiro atoms. The van der Waals surface area contributed by atoms with Crippen LogP contribution in [0.4, 0.5) is 13.2 Å². The largest absolute Gasteiger partial charge is 0.417 e. The third-order valence-corrected chi connectivity index (χ3v) is 3.32. The minimum absolute atomic E-state index is 0.0346. The zero-order valence-corrected chi connectivity index (χ0v) is 11.8. The quantitative estimate of drug-likeness (QED) is 0.784. The highest BCUT2D eigenvalue weighted by Gasteiger charge is 2.34. The van der Waals surface area contributed by atoms with Gasteiger partial charge in [-0.25, -0.2) is 9.50 Å². The molecule has 0 aliphatic carbocycles. The van der Waals surface area contributed by atoms with Crippen molar-refractivity contribution in [3.63, 3.8) is 0 Å². The van der Waals surface area contributed by atoms with Gasteiger partial charge in [0.15, 0.2) is 5.65 Å². The van der Waals surface area contributed by atoms with Gasteiger partial charge in [0.05, 0.1) is 17.5 Å². The van der Waals surface area contributed by atoms with E-state index in [0.717, 1.165) is 18.5 Å². The fraction of sp³-hybridized carbons (Fsp3) is 0.143. The van der Waals surface area contributed by atoms with Gasteiger partial charge in [-0.05, 0) is 19.1 Å². The molecule has 0 bridgehead atoms. The van der Waals surface area contributed by atoms with Crippen LogP contribution in [0.2, 0.25) is 0 Å². The molecule has 3 aromatic rings. The summed E-state index contributed by atoms with van der Waals surface area (Å²) in [6, 6.07) is 2.32. The van der Waals surface area contributed by atoms with Gasteiger partial charge in [-0.15, -0.1) is 0 Å². The van der Waals surface area contributed by atoms with Crippen LogP contribution in [-0.2, 0) is 6.18 Å². The van der Waals surface area contributed by atoms with Crippen molar-refractivity contribution < 1.29 is 18.0 Å². The van der Waals surface area contributed by atoms with Crippen molar-refractivity contribution in [1.82, 2.24) is 19.6 Å². The third-order valence-electron chi connectivity index (χ3n) is 3.32. The number of halogens is 3. The number of rotatable bonds is 2. The van der Waals surface area contributed by atoms with Gasteiger partial charge in [0, 0.05) is 23.7 Å². The second kappa shape index (κ2) is 5.04. The number of carbonyl (C=O) groups excluding carboxylic acids is 1. The number of primary amides is 1. The van der Waals surface area contributed by atoms with Gasteiger partial charge in [0.2, 0.25) is 0 Å². The highest BCUT2D eigenvalue weighted by molar-refractivity contribution is 5.98. The van der Waals surface area contributed by atoms with E-state index in [9.17, 15) is 18.0 Å². The Balaban J connectivity index is 2.30. The zero-order valence-electron chi connectivity index (χ0n) is 11.8. The Morgan fingerprint density at radius 1 is 1.30 bits per heavy atom. The summed E-state index contributed by atoms with van der Waals surface area (Å²) in [5.74, 6) is -0.758. The Morgan fingerprint density at radius 2 is 2.04 bits per heavy atom. The summed E-state index contributed by atoms with van der Waals surface area (Å²) in [7, 11) is 0. The molecule has 1 amide bonds. The summed E-state index contributed by atoms with van der Waals surface area (Å²) in [5.41, 5.74) is 4.89. The van der Waals surface area contributed by atoms with Crippen LogP contribution in [0, 0.1) is 6.92 Å². The first-order chi connectivity index (χ1) is 10.8. The molecule has 0 saturated carbocycles.